The number of amides is 1. The van der Waals surface area contributed by atoms with Gasteiger partial charge in [0.05, 0.1) is 11.4 Å². The van der Waals surface area contributed by atoms with E-state index in [9.17, 15) is 4.79 Å². The second kappa shape index (κ2) is 5.73. The van der Waals surface area contributed by atoms with Crippen LogP contribution in [0.2, 0.25) is 0 Å². The molecule has 1 heterocycles. The van der Waals surface area contributed by atoms with Gasteiger partial charge in [-0.15, -0.1) is 0 Å². The number of benzene rings is 1. The normalized spacial score (nSPS) is 22.7. The van der Waals surface area contributed by atoms with E-state index in [2.05, 4.69) is 18.7 Å². The fourth-order valence-corrected chi connectivity index (χ4v) is 2.88. The Morgan fingerprint density at radius 1 is 1.35 bits per heavy atom. The van der Waals surface area contributed by atoms with E-state index in [1.165, 1.54) is 12.8 Å². The summed E-state index contributed by atoms with van der Waals surface area (Å²) >= 11 is 0. The van der Waals surface area contributed by atoms with Gasteiger partial charge in [0.25, 0.3) is 5.91 Å². The number of piperidine rings is 1. The fraction of sp³-hybridized carbons (Fsp3) is 0.562. The van der Waals surface area contributed by atoms with Gasteiger partial charge in [0.1, 0.15) is 0 Å². The molecule has 1 fully saturated rings. The number of nitrogens with zero attached hydrogens (tertiary/aromatic N) is 2. The summed E-state index contributed by atoms with van der Waals surface area (Å²) in [4.78, 5) is 15.9. The van der Waals surface area contributed by atoms with Gasteiger partial charge in [0, 0.05) is 32.2 Å². The molecule has 4 heteroatoms. The molecule has 20 heavy (non-hydrogen) atoms. The van der Waals surface area contributed by atoms with E-state index in [0.717, 1.165) is 12.2 Å². The Kier molecular flexibility index (Phi) is 4.21. The van der Waals surface area contributed by atoms with Crippen LogP contribution >= 0.6 is 0 Å². The van der Waals surface area contributed by atoms with Gasteiger partial charge >= 0.3 is 0 Å². The smallest absolute Gasteiger partial charge is 0.253 e. The Labute approximate surface area is 121 Å². The van der Waals surface area contributed by atoms with Crippen molar-refractivity contribution >= 4 is 17.3 Å². The third kappa shape index (κ3) is 2.74. The lowest BCUT2D eigenvalue weighted by Gasteiger charge is -2.40. The van der Waals surface area contributed by atoms with E-state index in [4.69, 9.17) is 5.73 Å². The Bertz CT molecular complexity index is 498. The van der Waals surface area contributed by atoms with Crippen LogP contribution < -0.4 is 10.6 Å². The molecule has 1 saturated heterocycles. The molecular weight excluding hydrogens is 250 g/mol. The number of rotatable bonds is 2. The van der Waals surface area contributed by atoms with E-state index in [0.29, 0.717) is 23.2 Å². The predicted octanol–water partition coefficient (Wildman–Crippen LogP) is 2.60. The highest BCUT2D eigenvalue weighted by Gasteiger charge is 2.26. The lowest BCUT2D eigenvalue weighted by Crippen LogP contribution is -2.42. The lowest BCUT2D eigenvalue weighted by molar-refractivity contribution is 0.0827. The monoisotopic (exact) mass is 275 g/mol. The van der Waals surface area contributed by atoms with Crippen LogP contribution in [0.15, 0.2) is 18.2 Å². The van der Waals surface area contributed by atoms with Gasteiger partial charge in [-0.05, 0) is 43.9 Å². The molecule has 0 aromatic heterocycles. The van der Waals surface area contributed by atoms with Gasteiger partial charge in [-0.3, -0.25) is 4.79 Å². The van der Waals surface area contributed by atoms with Crippen LogP contribution in [-0.4, -0.2) is 37.5 Å². The van der Waals surface area contributed by atoms with Crippen LogP contribution in [0, 0.1) is 5.92 Å². The quantitative estimate of drug-likeness (QED) is 0.844. The molecule has 2 atom stereocenters. The SMILES string of the molecule is CC1CCCN(c2ccc(C(=O)N(C)C)cc2N)C1C. The van der Waals surface area contributed by atoms with Crippen LogP contribution in [-0.2, 0) is 0 Å². The standard InChI is InChI=1S/C16H25N3O/c1-11-6-5-9-19(12(11)2)15-8-7-13(10-14(15)17)16(20)18(3)4/h7-8,10-12H,5-6,9,17H2,1-4H3. The molecular formula is C16H25N3O. The Morgan fingerprint density at radius 3 is 2.65 bits per heavy atom. The van der Waals surface area contributed by atoms with Crippen LogP contribution in [0.5, 0.6) is 0 Å². The van der Waals surface area contributed by atoms with Gasteiger partial charge in [-0.1, -0.05) is 6.92 Å². The highest BCUT2D eigenvalue weighted by atomic mass is 16.2. The van der Waals surface area contributed by atoms with Crippen molar-refractivity contribution in [1.29, 1.82) is 0 Å². The zero-order chi connectivity index (χ0) is 14.9. The molecule has 110 valence electrons. The molecule has 0 bridgehead atoms. The van der Waals surface area contributed by atoms with E-state index in [-0.39, 0.29) is 5.91 Å². The van der Waals surface area contributed by atoms with Crippen molar-refractivity contribution in [2.24, 2.45) is 5.92 Å². The number of carbonyl (C=O) groups excluding carboxylic acids is 1. The minimum absolute atomic E-state index is 0.0108. The molecule has 1 aromatic carbocycles. The highest BCUT2D eigenvalue weighted by Crippen LogP contribution is 2.32. The Hall–Kier alpha value is -1.71. The van der Waals surface area contributed by atoms with Gasteiger partial charge in [-0.2, -0.15) is 0 Å². The van der Waals surface area contributed by atoms with Crippen molar-refractivity contribution in [1.82, 2.24) is 4.90 Å². The Morgan fingerprint density at radius 2 is 2.05 bits per heavy atom. The first kappa shape index (κ1) is 14.7. The number of anilines is 2. The molecule has 2 unspecified atom stereocenters. The molecule has 4 nitrogen and oxygen atoms in total. The fourth-order valence-electron chi connectivity index (χ4n) is 2.88. The third-order valence-corrected chi connectivity index (χ3v) is 4.36. The number of hydrogen-bond donors (Lipinski definition) is 1. The van der Waals surface area contributed by atoms with Crippen molar-refractivity contribution in [3.05, 3.63) is 23.8 Å². The summed E-state index contributed by atoms with van der Waals surface area (Å²) in [6.45, 7) is 5.58. The molecule has 1 aromatic rings. The summed E-state index contributed by atoms with van der Waals surface area (Å²) in [6, 6.07) is 6.14. The maximum atomic E-state index is 12.0. The third-order valence-electron chi connectivity index (χ3n) is 4.36. The first-order valence-corrected chi connectivity index (χ1v) is 7.29. The summed E-state index contributed by atoms with van der Waals surface area (Å²) in [7, 11) is 3.50. The van der Waals surface area contributed by atoms with Crippen LogP contribution in [0.3, 0.4) is 0 Å². The summed E-state index contributed by atoms with van der Waals surface area (Å²) in [5.74, 6) is 0.662. The summed E-state index contributed by atoms with van der Waals surface area (Å²) in [5.41, 5.74) is 8.58. The van der Waals surface area contributed by atoms with Crippen molar-refractivity contribution in [2.45, 2.75) is 32.7 Å². The minimum Gasteiger partial charge on any atom is -0.397 e. The second-order valence-corrected chi connectivity index (χ2v) is 6.03. The molecule has 0 saturated carbocycles. The maximum Gasteiger partial charge on any atom is 0.253 e. The molecule has 2 N–H and O–H groups in total. The second-order valence-electron chi connectivity index (χ2n) is 6.03. The maximum absolute atomic E-state index is 12.0. The summed E-state index contributed by atoms with van der Waals surface area (Å²) in [6.07, 6.45) is 2.47. The first-order valence-electron chi connectivity index (χ1n) is 7.29. The largest absolute Gasteiger partial charge is 0.397 e. The lowest BCUT2D eigenvalue weighted by atomic mass is 9.91. The van der Waals surface area contributed by atoms with Crippen molar-refractivity contribution in [3.8, 4) is 0 Å². The average Bonchev–Trinajstić information content (AvgIpc) is 2.41. The van der Waals surface area contributed by atoms with Gasteiger partial charge in [0.2, 0.25) is 0 Å². The van der Waals surface area contributed by atoms with Crippen molar-refractivity contribution in [2.75, 3.05) is 31.3 Å². The molecule has 0 aliphatic carbocycles. The molecule has 1 aliphatic heterocycles. The zero-order valence-electron chi connectivity index (χ0n) is 12.9. The van der Waals surface area contributed by atoms with E-state index < -0.39 is 0 Å². The zero-order valence-corrected chi connectivity index (χ0v) is 12.9. The number of carbonyl (C=O) groups is 1. The van der Waals surface area contributed by atoms with Crippen LogP contribution in [0.25, 0.3) is 0 Å². The minimum atomic E-state index is -0.0108. The van der Waals surface area contributed by atoms with Crippen LogP contribution in [0.1, 0.15) is 37.0 Å². The van der Waals surface area contributed by atoms with Gasteiger partial charge < -0.3 is 15.5 Å². The summed E-state index contributed by atoms with van der Waals surface area (Å²) in [5, 5.41) is 0. The van der Waals surface area contributed by atoms with E-state index in [1.54, 1.807) is 25.1 Å². The van der Waals surface area contributed by atoms with Gasteiger partial charge in [0.15, 0.2) is 0 Å². The highest BCUT2D eigenvalue weighted by molar-refractivity contribution is 5.95. The first-order chi connectivity index (χ1) is 9.41. The van der Waals surface area contributed by atoms with Crippen molar-refractivity contribution in [3.63, 3.8) is 0 Å². The molecule has 2 rings (SSSR count). The topological polar surface area (TPSA) is 49.6 Å². The van der Waals surface area contributed by atoms with E-state index >= 15 is 0 Å². The number of hydrogen-bond acceptors (Lipinski definition) is 3. The molecule has 1 aliphatic rings. The number of nitrogen functional groups attached to an aromatic ring is 1. The van der Waals surface area contributed by atoms with Crippen LogP contribution in [0.4, 0.5) is 11.4 Å². The van der Waals surface area contributed by atoms with Gasteiger partial charge in [-0.25, -0.2) is 0 Å². The summed E-state index contributed by atoms with van der Waals surface area (Å²) < 4.78 is 0. The molecule has 0 radical (unpaired) electrons. The molecule has 0 spiro atoms. The average molecular weight is 275 g/mol. The van der Waals surface area contributed by atoms with Crippen molar-refractivity contribution < 1.29 is 4.79 Å². The number of nitrogens with two attached hydrogens (primary N) is 1. The Balaban J connectivity index is 2.28. The van der Waals surface area contributed by atoms with E-state index in [1.807, 2.05) is 12.1 Å². The predicted molar refractivity (Wildman–Crippen MR) is 84.1 cm³/mol. The molecule has 1 amide bonds.